The van der Waals surface area contributed by atoms with Gasteiger partial charge in [0.1, 0.15) is 11.5 Å². The van der Waals surface area contributed by atoms with Crippen molar-refractivity contribution in [3.05, 3.63) is 127 Å². The maximum Gasteiger partial charge on any atom is 0.430 e. The molecule has 7 heteroatoms. The minimum absolute atomic E-state index is 0.178. The van der Waals surface area contributed by atoms with Crippen molar-refractivity contribution in [1.82, 2.24) is 5.32 Å². The van der Waals surface area contributed by atoms with Crippen molar-refractivity contribution in [1.29, 1.82) is 0 Å². The van der Waals surface area contributed by atoms with Gasteiger partial charge in [-0.15, -0.1) is 0 Å². The van der Waals surface area contributed by atoms with Gasteiger partial charge in [0, 0.05) is 5.69 Å². The monoisotopic (exact) mass is 502 g/mol. The Kier molecular flexibility index (Phi) is 8.55. The number of para-hydroxylation sites is 3. The summed E-state index contributed by atoms with van der Waals surface area (Å²) in [5, 5.41) is 7.06. The van der Waals surface area contributed by atoms with Crippen LogP contribution in [0.2, 0.25) is 0 Å². The van der Waals surface area contributed by atoms with Crippen molar-refractivity contribution in [2.45, 2.75) is 12.5 Å². The Morgan fingerprint density at radius 1 is 0.714 bits per heavy atom. The predicted molar refractivity (Wildman–Crippen MR) is 146 cm³/mol. The van der Waals surface area contributed by atoms with Gasteiger partial charge in [0.05, 0.1) is 12.2 Å². The smallest absolute Gasteiger partial charge is 0.416 e. The van der Waals surface area contributed by atoms with Crippen molar-refractivity contribution < 1.29 is 13.6 Å². The second-order valence-corrected chi connectivity index (χ2v) is 10.3. The van der Waals surface area contributed by atoms with E-state index in [0.717, 1.165) is 11.3 Å². The van der Waals surface area contributed by atoms with Gasteiger partial charge >= 0.3 is 7.60 Å². The topological polar surface area (TPSA) is 59.6 Å². The van der Waals surface area contributed by atoms with Crippen molar-refractivity contribution >= 4 is 30.6 Å². The number of anilines is 1. The molecule has 0 radical (unpaired) electrons. The van der Waals surface area contributed by atoms with Crippen LogP contribution in [-0.2, 0) is 4.57 Å². The molecule has 178 valence electrons. The van der Waals surface area contributed by atoms with Gasteiger partial charge in [0.15, 0.2) is 5.11 Å². The van der Waals surface area contributed by atoms with Crippen molar-refractivity contribution in [3.63, 3.8) is 0 Å². The molecular weight excluding hydrogens is 475 g/mol. The van der Waals surface area contributed by atoms with Crippen LogP contribution < -0.4 is 19.7 Å². The first-order chi connectivity index (χ1) is 17.1. The Balaban J connectivity index is 1.52. The van der Waals surface area contributed by atoms with E-state index in [1.54, 1.807) is 24.3 Å². The summed E-state index contributed by atoms with van der Waals surface area (Å²) in [4.78, 5) is 0. The molecule has 0 aromatic heterocycles. The molecule has 0 aliphatic heterocycles. The number of hydrogen-bond acceptors (Lipinski definition) is 4. The van der Waals surface area contributed by atoms with Gasteiger partial charge in [-0.3, -0.25) is 0 Å². The molecule has 0 spiro atoms. The highest BCUT2D eigenvalue weighted by molar-refractivity contribution is 7.80. The summed E-state index contributed by atoms with van der Waals surface area (Å²) in [7, 11) is -3.55. The van der Waals surface area contributed by atoms with E-state index in [4.69, 9.17) is 21.3 Å². The summed E-state index contributed by atoms with van der Waals surface area (Å²) in [6, 6.07) is 37.7. The summed E-state index contributed by atoms with van der Waals surface area (Å²) in [5.41, 5.74) is 1.91. The highest BCUT2D eigenvalue weighted by Gasteiger charge is 2.30. The van der Waals surface area contributed by atoms with Gasteiger partial charge in [-0.25, -0.2) is 4.57 Å². The van der Waals surface area contributed by atoms with Crippen LogP contribution in [0.3, 0.4) is 0 Å². The molecule has 4 rings (SSSR count). The van der Waals surface area contributed by atoms with Crippen LogP contribution >= 0.6 is 19.8 Å². The van der Waals surface area contributed by atoms with E-state index in [0.29, 0.717) is 23.0 Å². The maximum atomic E-state index is 13.9. The van der Waals surface area contributed by atoms with Gasteiger partial charge in [0.2, 0.25) is 0 Å². The predicted octanol–water partition coefficient (Wildman–Crippen LogP) is 7.46. The molecule has 4 aromatic rings. The minimum Gasteiger partial charge on any atom is -0.416 e. The fraction of sp³-hybridized carbons (Fsp3) is 0.107. The zero-order valence-electron chi connectivity index (χ0n) is 19.1. The Hall–Kier alpha value is -3.60. The molecule has 2 N–H and O–H groups in total. The van der Waals surface area contributed by atoms with E-state index >= 15 is 0 Å². The fourth-order valence-corrected chi connectivity index (χ4v) is 5.48. The molecule has 1 unspecified atom stereocenters. The van der Waals surface area contributed by atoms with Crippen LogP contribution in [0, 0.1) is 0 Å². The number of thiocarbonyl (C=S) groups is 1. The van der Waals surface area contributed by atoms with E-state index in [9.17, 15) is 4.57 Å². The summed E-state index contributed by atoms with van der Waals surface area (Å²) < 4.78 is 25.8. The van der Waals surface area contributed by atoms with Crippen LogP contribution in [0.15, 0.2) is 121 Å². The normalized spacial score (nSPS) is 11.8. The van der Waals surface area contributed by atoms with E-state index < -0.39 is 7.60 Å². The molecule has 0 saturated carbocycles. The molecule has 0 aliphatic rings. The van der Waals surface area contributed by atoms with Gasteiger partial charge in [-0.05, 0) is 60.6 Å². The lowest BCUT2D eigenvalue weighted by atomic mass is 10.1. The van der Waals surface area contributed by atoms with E-state index in [2.05, 4.69) is 10.6 Å². The van der Waals surface area contributed by atoms with Gasteiger partial charge in [0.25, 0.3) is 0 Å². The molecule has 0 fully saturated rings. The number of rotatable bonds is 10. The largest absolute Gasteiger partial charge is 0.430 e. The SMILES string of the molecule is O=P(CCC(NC(=S)Nc1ccccc1)c1ccccc1)(Oc1ccccc1)Oc1ccccc1. The molecule has 0 aliphatic carbocycles. The Morgan fingerprint density at radius 3 is 1.69 bits per heavy atom. The maximum absolute atomic E-state index is 13.9. The average molecular weight is 503 g/mol. The van der Waals surface area contributed by atoms with Gasteiger partial charge in [-0.2, -0.15) is 0 Å². The number of nitrogens with one attached hydrogen (secondary N) is 2. The lowest BCUT2D eigenvalue weighted by Gasteiger charge is -2.25. The van der Waals surface area contributed by atoms with Gasteiger partial charge in [-0.1, -0.05) is 84.9 Å². The molecule has 0 saturated heterocycles. The van der Waals surface area contributed by atoms with Crippen LogP contribution in [0.25, 0.3) is 0 Å². The number of benzene rings is 4. The molecule has 1 atom stereocenters. The summed E-state index contributed by atoms with van der Waals surface area (Å²) in [5.74, 6) is 0.995. The highest BCUT2D eigenvalue weighted by atomic mass is 32.1. The van der Waals surface area contributed by atoms with Crippen LogP contribution in [-0.4, -0.2) is 11.3 Å². The zero-order chi connectivity index (χ0) is 24.3. The van der Waals surface area contributed by atoms with Crippen molar-refractivity contribution in [3.8, 4) is 11.5 Å². The summed E-state index contributed by atoms with van der Waals surface area (Å²) in [6.07, 6.45) is 0.648. The van der Waals surface area contributed by atoms with E-state index in [1.165, 1.54) is 0 Å². The molecule has 0 amide bonds. The Morgan fingerprint density at radius 2 is 1.17 bits per heavy atom. The van der Waals surface area contributed by atoms with Gasteiger partial charge < -0.3 is 19.7 Å². The fourth-order valence-electron chi connectivity index (χ4n) is 3.54. The Bertz CT molecular complexity index is 1200. The summed E-state index contributed by atoms with van der Waals surface area (Å²) >= 11 is 5.58. The van der Waals surface area contributed by atoms with Crippen LogP contribution in [0.4, 0.5) is 5.69 Å². The minimum atomic E-state index is -3.55. The lowest BCUT2D eigenvalue weighted by Crippen LogP contribution is -2.33. The quantitative estimate of drug-likeness (QED) is 0.173. The second kappa shape index (κ2) is 12.2. The molecular formula is C28H27N2O3PS. The zero-order valence-corrected chi connectivity index (χ0v) is 20.8. The second-order valence-electron chi connectivity index (χ2n) is 7.86. The van der Waals surface area contributed by atoms with E-state index in [1.807, 2.05) is 97.1 Å². The molecule has 5 nitrogen and oxygen atoms in total. The standard InChI is InChI=1S/C28H27N2O3PS/c31-34(32-25-17-9-3-10-18-25,33-26-19-11-4-12-20-26)22-21-27(23-13-5-1-6-14-23)30-28(35)29-24-15-7-2-8-16-24/h1-20,27H,21-22H2,(H2,29,30,35). The first-order valence-electron chi connectivity index (χ1n) is 11.4. The third-order valence-corrected chi connectivity index (χ3v) is 7.21. The van der Waals surface area contributed by atoms with Crippen molar-refractivity contribution in [2.75, 3.05) is 11.5 Å². The average Bonchev–Trinajstić information content (AvgIpc) is 2.89. The third kappa shape index (κ3) is 7.71. The van der Waals surface area contributed by atoms with E-state index in [-0.39, 0.29) is 12.2 Å². The number of hydrogen-bond donors (Lipinski definition) is 2. The molecule has 4 aromatic carbocycles. The summed E-state index contributed by atoms with van der Waals surface area (Å²) in [6.45, 7) is 0. The first-order valence-corrected chi connectivity index (χ1v) is 13.5. The van der Waals surface area contributed by atoms with Crippen LogP contribution in [0.5, 0.6) is 11.5 Å². The lowest BCUT2D eigenvalue weighted by molar-refractivity contribution is 0.381. The first kappa shape index (κ1) is 24.5. The van der Waals surface area contributed by atoms with Crippen LogP contribution in [0.1, 0.15) is 18.0 Å². The highest BCUT2D eigenvalue weighted by Crippen LogP contribution is 2.49. The molecule has 0 heterocycles. The third-order valence-electron chi connectivity index (χ3n) is 5.21. The molecule has 0 bridgehead atoms. The molecule has 35 heavy (non-hydrogen) atoms. The van der Waals surface area contributed by atoms with Crippen molar-refractivity contribution in [2.24, 2.45) is 0 Å². The Labute approximate surface area is 211 Å².